The molecule has 0 aliphatic carbocycles. The second kappa shape index (κ2) is 10.0. The van der Waals surface area contributed by atoms with Gasteiger partial charge in [0.05, 0.1) is 12.3 Å². The van der Waals surface area contributed by atoms with Gasteiger partial charge in [-0.05, 0) is 31.5 Å². The summed E-state index contributed by atoms with van der Waals surface area (Å²) >= 11 is 1.64. The third kappa shape index (κ3) is 5.41. The average molecular weight is 396 g/mol. The van der Waals surface area contributed by atoms with Crippen molar-refractivity contribution in [2.24, 2.45) is 0 Å². The number of hydrogen-bond donors (Lipinski definition) is 1. The summed E-state index contributed by atoms with van der Waals surface area (Å²) in [6.45, 7) is 6.55. The van der Waals surface area contributed by atoms with E-state index in [0.29, 0.717) is 6.61 Å². The lowest BCUT2D eigenvalue weighted by molar-refractivity contribution is -0.121. The largest absolute Gasteiger partial charge is 0.367 e. The average Bonchev–Trinajstić information content (AvgIpc) is 3.20. The number of amides is 1. The predicted molar refractivity (Wildman–Crippen MR) is 116 cm³/mol. The van der Waals surface area contributed by atoms with Crippen LogP contribution in [0.3, 0.4) is 0 Å². The fourth-order valence-electron chi connectivity index (χ4n) is 2.83. The molecular weight excluding hydrogens is 370 g/mol. The van der Waals surface area contributed by atoms with E-state index in [4.69, 9.17) is 9.72 Å². The van der Waals surface area contributed by atoms with Crippen LogP contribution in [0.15, 0.2) is 60.0 Å². The molecule has 3 rings (SSSR count). The first-order valence-corrected chi connectivity index (χ1v) is 10.3. The molecule has 0 bridgehead atoms. The van der Waals surface area contributed by atoms with Crippen molar-refractivity contribution in [1.29, 1.82) is 0 Å². The maximum atomic E-state index is 12.2. The van der Waals surface area contributed by atoms with Crippen LogP contribution in [-0.4, -0.2) is 30.6 Å². The van der Waals surface area contributed by atoms with Crippen LogP contribution in [0.2, 0.25) is 0 Å². The fourth-order valence-corrected chi connectivity index (χ4v) is 3.79. The van der Waals surface area contributed by atoms with Gasteiger partial charge in [-0.2, -0.15) is 0 Å². The zero-order chi connectivity index (χ0) is 19.8. The number of ether oxygens (including phenoxy) is 1. The number of hydrogen-bond acceptors (Lipinski definition) is 5. The molecule has 1 amide bonds. The maximum Gasteiger partial charge on any atom is 0.250 e. The van der Waals surface area contributed by atoms with Crippen LogP contribution >= 0.6 is 11.3 Å². The lowest BCUT2D eigenvalue weighted by Crippen LogP contribution is -2.21. The normalized spacial score (nSPS) is 10.6. The van der Waals surface area contributed by atoms with Crippen LogP contribution in [0.25, 0.3) is 11.3 Å². The summed E-state index contributed by atoms with van der Waals surface area (Å²) in [5.41, 5.74) is 3.69. The molecule has 28 heavy (non-hydrogen) atoms. The molecule has 1 heterocycles. The van der Waals surface area contributed by atoms with Crippen molar-refractivity contribution in [3.8, 4) is 11.3 Å². The topological polar surface area (TPSA) is 54.5 Å². The van der Waals surface area contributed by atoms with Gasteiger partial charge in [0.15, 0.2) is 5.13 Å². The van der Waals surface area contributed by atoms with Gasteiger partial charge in [0.25, 0.3) is 0 Å². The van der Waals surface area contributed by atoms with Gasteiger partial charge in [-0.3, -0.25) is 4.79 Å². The molecule has 146 valence electrons. The van der Waals surface area contributed by atoms with Gasteiger partial charge in [-0.15, -0.1) is 11.3 Å². The number of carbonyl (C=O) groups excluding carboxylic acids is 1. The van der Waals surface area contributed by atoms with Gasteiger partial charge in [-0.25, -0.2) is 4.98 Å². The molecule has 0 spiro atoms. The second-order valence-electron chi connectivity index (χ2n) is 6.29. The highest BCUT2D eigenvalue weighted by atomic mass is 32.1. The SMILES string of the molecule is CCN(CC)c1nc(-c2cccc(NC(=O)COCc3ccccc3)c2)cs1. The number of rotatable bonds is 9. The fraction of sp³-hybridized carbons (Fsp3) is 0.273. The Morgan fingerprint density at radius 2 is 1.89 bits per heavy atom. The molecule has 0 saturated carbocycles. The van der Waals surface area contributed by atoms with E-state index in [9.17, 15) is 4.79 Å². The number of aromatic nitrogens is 1. The summed E-state index contributed by atoms with van der Waals surface area (Å²) in [5.74, 6) is -0.171. The number of anilines is 2. The number of benzene rings is 2. The first-order chi connectivity index (χ1) is 13.7. The highest BCUT2D eigenvalue weighted by Crippen LogP contribution is 2.28. The lowest BCUT2D eigenvalue weighted by atomic mass is 10.1. The Morgan fingerprint density at radius 3 is 2.64 bits per heavy atom. The van der Waals surface area contributed by atoms with Crippen molar-refractivity contribution in [3.05, 3.63) is 65.5 Å². The van der Waals surface area contributed by atoms with Gasteiger partial charge in [0.1, 0.15) is 6.61 Å². The standard InChI is InChI=1S/C22H25N3O2S/c1-3-25(4-2)22-24-20(16-28-22)18-11-8-12-19(13-18)23-21(26)15-27-14-17-9-6-5-7-10-17/h5-13,16H,3-4,14-15H2,1-2H3,(H,23,26). The van der Waals surface area contributed by atoms with E-state index in [1.165, 1.54) is 0 Å². The van der Waals surface area contributed by atoms with Crippen molar-refractivity contribution in [3.63, 3.8) is 0 Å². The van der Waals surface area contributed by atoms with E-state index >= 15 is 0 Å². The van der Waals surface area contributed by atoms with Crippen LogP contribution in [0.4, 0.5) is 10.8 Å². The van der Waals surface area contributed by atoms with Crippen molar-refractivity contribution < 1.29 is 9.53 Å². The lowest BCUT2D eigenvalue weighted by Gasteiger charge is -2.16. The Labute approximate surface area is 170 Å². The minimum absolute atomic E-state index is 0.0158. The van der Waals surface area contributed by atoms with Crippen molar-refractivity contribution >= 4 is 28.1 Å². The number of thiazole rings is 1. The minimum Gasteiger partial charge on any atom is -0.367 e. The van der Waals surface area contributed by atoms with Crippen LogP contribution < -0.4 is 10.2 Å². The van der Waals surface area contributed by atoms with Gasteiger partial charge in [-0.1, -0.05) is 42.5 Å². The highest BCUT2D eigenvalue weighted by Gasteiger charge is 2.10. The first-order valence-electron chi connectivity index (χ1n) is 9.42. The number of nitrogens with zero attached hydrogens (tertiary/aromatic N) is 2. The third-order valence-electron chi connectivity index (χ3n) is 4.31. The summed E-state index contributed by atoms with van der Waals surface area (Å²) in [6, 6.07) is 17.5. The van der Waals surface area contributed by atoms with E-state index in [1.807, 2.05) is 54.6 Å². The molecule has 1 aromatic heterocycles. The summed E-state index contributed by atoms with van der Waals surface area (Å²) in [7, 11) is 0. The van der Waals surface area contributed by atoms with Crippen LogP contribution in [0, 0.1) is 0 Å². The van der Waals surface area contributed by atoms with Gasteiger partial charge >= 0.3 is 0 Å². The van der Waals surface area contributed by atoms with E-state index in [1.54, 1.807) is 11.3 Å². The quantitative estimate of drug-likeness (QED) is 0.565. The Balaban J connectivity index is 1.58. The van der Waals surface area contributed by atoms with Gasteiger partial charge in [0.2, 0.25) is 5.91 Å². The minimum atomic E-state index is -0.171. The molecule has 0 saturated heterocycles. The number of nitrogens with one attached hydrogen (secondary N) is 1. The zero-order valence-corrected chi connectivity index (χ0v) is 17.0. The van der Waals surface area contributed by atoms with Crippen molar-refractivity contribution in [2.45, 2.75) is 20.5 Å². The van der Waals surface area contributed by atoms with Crippen molar-refractivity contribution in [1.82, 2.24) is 4.98 Å². The molecular formula is C22H25N3O2S. The molecule has 0 radical (unpaired) electrons. The molecule has 0 unspecified atom stereocenters. The van der Waals surface area contributed by atoms with Crippen LogP contribution in [0.1, 0.15) is 19.4 Å². The molecule has 0 aliphatic rings. The van der Waals surface area contributed by atoms with Gasteiger partial charge in [0, 0.05) is 29.7 Å². The van der Waals surface area contributed by atoms with Crippen molar-refractivity contribution in [2.75, 3.05) is 29.9 Å². The Morgan fingerprint density at radius 1 is 1.11 bits per heavy atom. The summed E-state index contributed by atoms with van der Waals surface area (Å²) in [4.78, 5) is 19.1. The highest BCUT2D eigenvalue weighted by molar-refractivity contribution is 7.14. The molecule has 5 nitrogen and oxygen atoms in total. The van der Waals surface area contributed by atoms with Crippen LogP contribution in [0.5, 0.6) is 0 Å². The third-order valence-corrected chi connectivity index (χ3v) is 5.21. The second-order valence-corrected chi connectivity index (χ2v) is 7.13. The van der Waals surface area contributed by atoms with E-state index < -0.39 is 0 Å². The van der Waals surface area contributed by atoms with E-state index in [0.717, 1.165) is 40.7 Å². The summed E-state index contributed by atoms with van der Waals surface area (Å²) in [6.07, 6.45) is 0. The Bertz CT molecular complexity index is 892. The molecule has 0 aliphatic heterocycles. The van der Waals surface area contributed by atoms with E-state index in [2.05, 4.69) is 29.4 Å². The van der Waals surface area contributed by atoms with Crippen LogP contribution in [-0.2, 0) is 16.1 Å². The van der Waals surface area contributed by atoms with E-state index in [-0.39, 0.29) is 12.5 Å². The summed E-state index contributed by atoms with van der Waals surface area (Å²) in [5, 5.41) is 5.96. The molecule has 1 N–H and O–H groups in total. The molecule has 0 fully saturated rings. The first kappa shape index (κ1) is 20.0. The molecule has 6 heteroatoms. The van der Waals surface area contributed by atoms with Gasteiger partial charge < -0.3 is 15.0 Å². The molecule has 2 aromatic carbocycles. The Hall–Kier alpha value is -2.70. The zero-order valence-electron chi connectivity index (χ0n) is 16.2. The maximum absolute atomic E-state index is 12.2. The smallest absolute Gasteiger partial charge is 0.250 e. The predicted octanol–water partition coefficient (Wildman–Crippen LogP) is 4.81. The monoisotopic (exact) mass is 395 g/mol. The summed E-state index contributed by atoms with van der Waals surface area (Å²) < 4.78 is 5.49. The number of carbonyl (C=O) groups is 1. The molecule has 0 atom stereocenters. The molecule has 3 aromatic rings. The Kier molecular flexibility index (Phi) is 7.17.